The van der Waals surface area contributed by atoms with Gasteiger partial charge in [0.05, 0.1) is 0 Å². The van der Waals surface area contributed by atoms with E-state index in [2.05, 4.69) is 0 Å². The Morgan fingerprint density at radius 1 is 1.16 bits per heavy atom. The molecule has 19 heavy (non-hydrogen) atoms. The number of nitrogen functional groups attached to an aromatic ring is 1. The van der Waals surface area contributed by atoms with Crippen LogP contribution in [0.3, 0.4) is 0 Å². The number of halogens is 1. The highest BCUT2D eigenvalue weighted by Crippen LogP contribution is 2.22. The van der Waals surface area contributed by atoms with Gasteiger partial charge in [0.15, 0.2) is 0 Å². The van der Waals surface area contributed by atoms with Gasteiger partial charge in [-0.2, -0.15) is 0 Å². The summed E-state index contributed by atoms with van der Waals surface area (Å²) in [5.74, 6) is -1.43. The predicted octanol–water partition coefficient (Wildman–Crippen LogP) is 3.33. The van der Waals surface area contributed by atoms with Crippen molar-refractivity contribution in [2.75, 3.05) is 5.73 Å². The van der Waals surface area contributed by atoms with Crippen LogP contribution in [0.2, 0.25) is 0 Å². The second kappa shape index (κ2) is 5.52. The fourth-order valence-electron chi connectivity index (χ4n) is 1.77. The third-order valence-electron chi connectivity index (χ3n) is 2.80. The molecule has 0 aliphatic heterocycles. The summed E-state index contributed by atoms with van der Waals surface area (Å²) in [4.78, 5) is 11.9. The third-order valence-corrected chi connectivity index (χ3v) is 2.80. The number of benzene rings is 2. The summed E-state index contributed by atoms with van der Waals surface area (Å²) in [7, 11) is 0. The Labute approximate surface area is 110 Å². The maximum atomic E-state index is 13.6. The smallest absolute Gasteiger partial charge is 0.343 e. The van der Waals surface area contributed by atoms with E-state index < -0.39 is 17.9 Å². The number of carbonyl (C=O) groups is 1. The van der Waals surface area contributed by atoms with Gasteiger partial charge in [0, 0.05) is 5.69 Å². The van der Waals surface area contributed by atoms with E-state index in [0.29, 0.717) is 0 Å². The van der Waals surface area contributed by atoms with Crippen LogP contribution < -0.4 is 5.73 Å². The van der Waals surface area contributed by atoms with Crippen LogP contribution in [-0.4, -0.2) is 5.97 Å². The summed E-state index contributed by atoms with van der Waals surface area (Å²) in [5, 5.41) is 0. The first kappa shape index (κ1) is 13.1. The van der Waals surface area contributed by atoms with Crippen LogP contribution in [-0.2, 0) is 4.74 Å². The summed E-state index contributed by atoms with van der Waals surface area (Å²) in [6, 6.07) is 13.3. The molecule has 2 N–H and O–H groups in total. The first-order valence-electron chi connectivity index (χ1n) is 5.89. The van der Waals surface area contributed by atoms with Crippen LogP contribution in [0.25, 0.3) is 0 Å². The Kier molecular flexibility index (Phi) is 3.80. The summed E-state index contributed by atoms with van der Waals surface area (Å²) < 4.78 is 18.8. The number of hydrogen-bond donors (Lipinski definition) is 1. The van der Waals surface area contributed by atoms with Crippen LogP contribution in [0.15, 0.2) is 48.5 Å². The number of ether oxygens (including phenoxy) is 1. The van der Waals surface area contributed by atoms with Gasteiger partial charge in [-0.15, -0.1) is 0 Å². The zero-order valence-electron chi connectivity index (χ0n) is 10.5. The fraction of sp³-hybridized carbons (Fsp3) is 0.133. The number of carbonyl (C=O) groups excluding carboxylic acids is 1. The van der Waals surface area contributed by atoms with Gasteiger partial charge in [0.2, 0.25) is 0 Å². The quantitative estimate of drug-likeness (QED) is 0.679. The highest BCUT2D eigenvalue weighted by Gasteiger charge is 2.19. The van der Waals surface area contributed by atoms with E-state index >= 15 is 0 Å². The topological polar surface area (TPSA) is 52.3 Å². The van der Waals surface area contributed by atoms with Crippen LogP contribution in [0.4, 0.5) is 10.1 Å². The first-order chi connectivity index (χ1) is 9.09. The van der Waals surface area contributed by atoms with Crippen molar-refractivity contribution in [1.82, 2.24) is 0 Å². The molecule has 98 valence electrons. The molecule has 0 radical (unpaired) electrons. The number of nitrogens with two attached hydrogens (primary N) is 1. The molecule has 1 atom stereocenters. The second-order valence-corrected chi connectivity index (χ2v) is 4.16. The lowest BCUT2D eigenvalue weighted by Crippen LogP contribution is -2.13. The average Bonchev–Trinajstić information content (AvgIpc) is 2.39. The van der Waals surface area contributed by atoms with Gasteiger partial charge in [0.1, 0.15) is 17.5 Å². The Balaban J connectivity index is 2.18. The van der Waals surface area contributed by atoms with E-state index in [-0.39, 0.29) is 11.3 Å². The number of anilines is 1. The molecule has 0 aliphatic rings. The molecule has 0 aromatic heterocycles. The molecule has 1 unspecified atom stereocenters. The first-order valence-corrected chi connectivity index (χ1v) is 5.89. The maximum absolute atomic E-state index is 13.6. The van der Waals surface area contributed by atoms with E-state index in [9.17, 15) is 9.18 Å². The molecular formula is C15H14FNO2. The number of esters is 1. The minimum absolute atomic E-state index is 0.0743. The second-order valence-electron chi connectivity index (χ2n) is 4.16. The SMILES string of the molecule is CC(OC(=O)c1c(N)cccc1F)c1ccccc1. The van der Waals surface area contributed by atoms with Crippen molar-refractivity contribution in [3.63, 3.8) is 0 Å². The predicted molar refractivity (Wildman–Crippen MR) is 71.1 cm³/mol. The zero-order chi connectivity index (χ0) is 13.8. The fourth-order valence-corrected chi connectivity index (χ4v) is 1.77. The molecule has 0 spiro atoms. The minimum atomic E-state index is -0.757. The summed E-state index contributed by atoms with van der Waals surface area (Å²) >= 11 is 0. The summed E-state index contributed by atoms with van der Waals surface area (Å²) in [6.07, 6.45) is -0.465. The number of hydrogen-bond acceptors (Lipinski definition) is 3. The minimum Gasteiger partial charge on any atom is -0.454 e. The van der Waals surface area contributed by atoms with Crippen molar-refractivity contribution in [2.24, 2.45) is 0 Å². The van der Waals surface area contributed by atoms with Crippen LogP contribution in [0.5, 0.6) is 0 Å². The molecule has 0 saturated heterocycles. The molecule has 0 heterocycles. The van der Waals surface area contributed by atoms with Gasteiger partial charge in [0.25, 0.3) is 0 Å². The van der Waals surface area contributed by atoms with Gasteiger partial charge >= 0.3 is 5.97 Å². The Morgan fingerprint density at radius 2 is 1.84 bits per heavy atom. The van der Waals surface area contributed by atoms with Crippen molar-refractivity contribution >= 4 is 11.7 Å². The molecule has 4 heteroatoms. The van der Waals surface area contributed by atoms with E-state index in [4.69, 9.17) is 10.5 Å². The van der Waals surface area contributed by atoms with E-state index in [0.717, 1.165) is 5.56 Å². The molecule has 0 bridgehead atoms. The lowest BCUT2D eigenvalue weighted by atomic mass is 10.1. The molecule has 0 fully saturated rings. The van der Waals surface area contributed by atoms with Gasteiger partial charge < -0.3 is 10.5 Å². The molecule has 2 aromatic carbocycles. The van der Waals surface area contributed by atoms with Gasteiger partial charge in [-0.1, -0.05) is 36.4 Å². The van der Waals surface area contributed by atoms with Crippen LogP contribution in [0, 0.1) is 5.82 Å². The van der Waals surface area contributed by atoms with Gasteiger partial charge in [-0.25, -0.2) is 9.18 Å². The van der Waals surface area contributed by atoms with Crippen molar-refractivity contribution in [3.8, 4) is 0 Å². The van der Waals surface area contributed by atoms with Gasteiger partial charge in [-0.3, -0.25) is 0 Å². The summed E-state index contributed by atoms with van der Waals surface area (Å²) in [5.41, 5.74) is 6.29. The maximum Gasteiger partial charge on any atom is 0.343 e. The Hall–Kier alpha value is -2.36. The van der Waals surface area contributed by atoms with Crippen molar-refractivity contribution in [1.29, 1.82) is 0 Å². The molecule has 2 aromatic rings. The van der Waals surface area contributed by atoms with Crippen LogP contribution >= 0.6 is 0 Å². The lowest BCUT2D eigenvalue weighted by Gasteiger charge is -2.14. The molecule has 0 amide bonds. The lowest BCUT2D eigenvalue weighted by molar-refractivity contribution is 0.0334. The molecule has 3 nitrogen and oxygen atoms in total. The summed E-state index contributed by atoms with van der Waals surface area (Å²) in [6.45, 7) is 1.73. The highest BCUT2D eigenvalue weighted by atomic mass is 19.1. The normalized spacial score (nSPS) is 11.9. The molecular weight excluding hydrogens is 245 g/mol. The largest absolute Gasteiger partial charge is 0.454 e. The van der Waals surface area contributed by atoms with Gasteiger partial charge in [-0.05, 0) is 24.6 Å². The van der Waals surface area contributed by atoms with Crippen molar-refractivity contribution in [3.05, 3.63) is 65.5 Å². The standard InChI is InChI=1S/C15H14FNO2/c1-10(11-6-3-2-4-7-11)19-15(18)14-12(16)8-5-9-13(14)17/h2-10H,17H2,1H3. The highest BCUT2D eigenvalue weighted by molar-refractivity contribution is 5.95. The van der Waals surface area contributed by atoms with Crippen molar-refractivity contribution < 1.29 is 13.9 Å². The van der Waals surface area contributed by atoms with Crippen LogP contribution in [0.1, 0.15) is 28.9 Å². The molecule has 0 aliphatic carbocycles. The average molecular weight is 259 g/mol. The Morgan fingerprint density at radius 3 is 2.47 bits per heavy atom. The zero-order valence-corrected chi connectivity index (χ0v) is 10.5. The van der Waals surface area contributed by atoms with Crippen molar-refractivity contribution in [2.45, 2.75) is 13.0 Å². The molecule has 2 rings (SSSR count). The monoisotopic (exact) mass is 259 g/mol. The molecule has 0 saturated carbocycles. The van der Waals surface area contributed by atoms with E-state index in [1.165, 1.54) is 18.2 Å². The van der Waals surface area contributed by atoms with E-state index in [1.54, 1.807) is 6.92 Å². The van der Waals surface area contributed by atoms with E-state index in [1.807, 2.05) is 30.3 Å². The Bertz CT molecular complexity index is 564. The third kappa shape index (κ3) is 2.91. The number of rotatable bonds is 3.